The van der Waals surface area contributed by atoms with Gasteiger partial charge in [-0.3, -0.25) is 4.79 Å². The molecule has 0 aromatic heterocycles. The summed E-state index contributed by atoms with van der Waals surface area (Å²) in [6, 6.07) is 4.98. The second-order valence-electron chi connectivity index (χ2n) is 5.49. The molecule has 0 radical (unpaired) electrons. The van der Waals surface area contributed by atoms with E-state index in [1.807, 2.05) is 6.07 Å². The van der Waals surface area contributed by atoms with Crippen molar-refractivity contribution in [3.8, 4) is 0 Å². The van der Waals surface area contributed by atoms with Gasteiger partial charge < -0.3 is 5.32 Å². The van der Waals surface area contributed by atoms with Crippen molar-refractivity contribution in [2.24, 2.45) is 5.92 Å². The van der Waals surface area contributed by atoms with Gasteiger partial charge in [0.25, 0.3) is 0 Å². The van der Waals surface area contributed by atoms with E-state index in [-0.39, 0.29) is 17.6 Å². The number of carbonyl (C=O) groups excluding carboxylic acids is 1. The van der Waals surface area contributed by atoms with Crippen LogP contribution in [0.5, 0.6) is 0 Å². The first-order valence-corrected chi connectivity index (χ1v) is 6.85. The lowest BCUT2D eigenvalue weighted by Crippen LogP contribution is -2.17. The smallest absolute Gasteiger partial charge is 0.232 e. The number of halogens is 1. The van der Waals surface area contributed by atoms with Crippen LogP contribution >= 0.6 is 0 Å². The van der Waals surface area contributed by atoms with E-state index >= 15 is 0 Å². The Morgan fingerprint density at radius 3 is 2.78 bits per heavy atom. The number of nitrogens with one attached hydrogen (secondary N) is 1. The summed E-state index contributed by atoms with van der Waals surface area (Å²) in [5.74, 6) is 0.148. The number of carbonyl (C=O) groups is 1. The van der Waals surface area contributed by atoms with E-state index in [0.717, 1.165) is 12.0 Å². The van der Waals surface area contributed by atoms with Gasteiger partial charge in [0.15, 0.2) is 0 Å². The number of rotatable bonds is 2. The molecule has 2 nitrogen and oxygen atoms in total. The number of fused-ring (bicyclic) bond motifs is 1. The number of hydrogen-bond donors (Lipinski definition) is 1. The Balaban J connectivity index is 1.81. The van der Waals surface area contributed by atoms with Crippen molar-refractivity contribution in [1.82, 2.24) is 0 Å². The Bertz CT molecular complexity index is 466. The summed E-state index contributed by atoms with van der Waals surface area (Å²) in [7, 11) is 0. The molecule has 1 aromatic rings. The summed E-state index contributed by atoms with van der Waals surface area (Å²) >= 11 is 0. The van der Waals surface area contributed by atoms with Crippen molar-refractivity contribution in [1.29, 1.82) is 0 Å². The second kappa shape index (κ2) is 4.71. The topological polar surface area (TPSA) is 29.1 Å². The van der Waals surface area contributed by atoms with Gasteiger partial charge in [-0.15, -0.1) is 0 Å². The Morgan fingerprint density at radius 2 is 2.00 bits per heavy atom. The van der Waals surface area contributed by atoms with Crippen LogP contribution in [0, 0.1) is 11.7 Å². The lowest BCUT2D eigenvalue weighted by molar-refractivity contribution is -0.117. The van der Waals surface area contributed by atoms with Crippen LogP contribution in [0.15, 0.2) is 18.2 Å². The average Bonchev–Trinajstić information content (AvgIpc) is 2.70. The van der Waals surface area contributed by atoms with Gasteiger partial charge in [-0.2, -0.15) is 0 Å². The highest BCUT2D eigenvalue weighted by Crippen LogP contribution is 2.40. The molecule has 1 unspecified atom stereocenters. The zero-order valence-corrected chi connectivity index (χ0v) is 10.4. The minimum absolute atomic E-state index is 0.0272. The van der Waals surface area contributed by atoms with Gasteiger partial charge in [0, 0.05) is 0 Å². The maximum absolute atomic E-state index is 13.6. The molecule has 1 N–H and O–H groups in total. The maximum atomic E-state index is 13.6. The highest BCUT2D eigenvalue weighted by molar-refractivity contribution is 6.02. The van der Waals surface area contributed by atoms with Crippen LogP contribution in [-0.4, -0.2) is 5.91 Å². The normalized spacial score (nSPS) is 23.8. The van der Waals surface area contributed by atoms with E-state index in [2.05, 4.69) is 5.32 Å². The second-order valence-corrected chi connectivity index (χ2v) is 5.49. The van der Waals surface area contributed by atoms with Crippen molar-refractivity contribution in [3.63, 3.8) is 0 Å². The van der Waals surface area contributed by atoms with Crippen molar-refractivity contribution in [3.05, 3.63) is 29.6 Å². The monoisotopic (exact) mass is 247 g/mol. The third-order valence-electron chi connectivity index (χ3n) is 4.28. The van der Waals surface area contributed by atoms with Crippen LogP contribution in [0.3, 0.4) is 0 Å². The van der Waals surface area contributed by atoms with Crippen LogP contribution < -0.4 is 5.32 Å². The van der Waals surface area contributed by atoms with Gasteiger partial charge in [0.1, 0.15) is 5.82 Å². The highest BCUT2D eigenvalue weighted by Gasteiger charge is 2.34. The molecule has 1 aliphatic heterocycles. The molecule has 1 heterocycles. The Hall–Kier alpha value is -1.38. The summed E-state index contributed by atoms with van der Waals surface area (Å²) in [4.78, 5) is 12.0. The lowest BCUT2D eigenvalue weighted by Gasteiger charge is -2.23. The molecule has 1 saturated carbocycles. The van der Waals surface area contributed by atoms with Crippen LogP contribution in [0.25, 0.3) is 0 Å². The number of benzene rings is 1. The van der Waals surface area contributed by atoms with E-state index in [0.29, 0.717) is 11.6 Å². The van der Waals surface area contributed by atoms with Crippen molar-refractivity contribution in [2.75, 3.05) is 5.32 Å². The quantitative estimate of drug-likeness (QED) is 0.845. The molecule has 3 heteroatoms. The molecular formula is C15H18FNO. The summed E-state index contributed by atoms with van der Waals surface area (Å²) < 4.78 is 13.6. The minimum atomic E-state index is -0.313. The Morgan fingerprint density at radius 1 is 1.22 bits per heavy atom. The van der Waals surface area contributed by atoms with E-state index in [1.54, 1.807) is 6.07 Å². The highest BCUT2D eigenvalue weighted by atomic mass is 19.1. The van der Waals surface area contributed by atoms with Gasteiger partial charge in [-0.25, -0.2) is 4.39 Å². The van der Waals surface area contributed by atoms with E-state index in [4.69, 9.17) is 0 Å². The molecule has 1 fully saturated rings. The largest absolute Gasteiger partial charge is 0.323 e. The molecule has 3 rings (SSSR count). The van der Waals surface area contributed by atoms with Crippen molar-refractivity contribution in [2.45, 2.75) is 44.4 Å². The van der Waals surface area contributed by atoms with Gasteiger partial charge in [0.05, 0.1) is 11.6 Å². The molecule has 1 aromatic carbocycles. The first kappa shape index (κ1) is 11.7. The molecule has 96 valence electrons. The van der Waals surface area contributed by atoms with Crippen LogP contribution in [0.4, 0.5) is 10.1 Å². The molecular weight excluding hydrogens is 229 g/mol. The van der Waals surface area contributed by atoms with Crippen molar-refractivity contribution < 1.29 is 9.18 Å². The van der Waals surface area contributed by atoms with E-state index in [9.17, 15) is 9.18 Å². The molecule has 1 amide bonds. The summed E-state index contributed by atoms with van der Waals surface area (Å²) in [6.45, 7) is 0. The molecule has 0 bridgehead atoms. The van der Waals surface area contributed by atoms with E-state index < -0.39 is 0 Å². The molecule has 1 aliphatic carbocycles. The third-order valence-corrected chi connectivity index (χ3v) is 4.28. The van der Waals surface area contributed by atoms with Crippen LogP contribution in [0.1, 0.15) is 50.0 Å². The Labute approximate surface area is 107 Å². The van der Waals surface area contributed by atoms with Crippen molar-refractivity contribution >= 4 is 11.6 Å². The number of anilines is 1. The van der Waals surface area contributed by atoms with Crippen LogP contribution in [0.2, 0.25) is 0 Å². The fourth-order valence-electron chi connectivity index (χ4n) is 3.30. The summed E-state index contributed by atoms with van der Waals surface area (Å²) in [6.07, 6.45) is 7.17. The Kier molecular flexibility index (Phi) is 3.06. The standard InChI is InChI=1S/C15H18FNO/c16-13-8-4-7-11-12(15(18)17-14(11)13)9-10-5-2-1-3-6-10/h4,7-8,10,12H,1-3,5-6,9H2,(H,17,18). The van der Waals surface area contributed by atoms with Gasteiger partial charge in [0.2, 0.25) is 5.91 Å². The lowest BCUT2D eigenvalue weighted by atomic mass is 9.81. The SMILES string of the molecule is O=C1Nc2c(F)cccc2C1CC1CCCCC1. The molecule has 1 atom stereocenters. The first-order valence-electron chi connectivity index (χ1n) is 6.85. The number of amides is 1. The minimum Gasteiger partial charge on any atom is -0.323 e. The van der Waals surface area contributed by atoms with Gasteiger partial charge in [-0.05, 0) is 24.0 Å². The first-order chi connectivity index (χ1) is 8.75. The zero-order chi connectivity index (χ0) is 12.5. The maximum Gasteiger partial charge on any atom is 0.232 e. The number of hydrogen-bond acceptors (Lipinski definition) is 1. The summed E-state index contributed by atoms with van der Waals surface area (Å²) in [5.41, 5.74) is 1.26. The van der Waals surface area contributed by atoms with Gasteiger partial charge >= 0.3 is 0 Å². The fraction of sp³-hybridized carbons (Fsp3) is 0.533. The van der Waals surface area contributed by atoms with Crippen LogP contribution in [-0.2, 0) is 4.79 Å². The predicted molar refractivity (Wildman–Crippen MR) is 69.0 cm³/mol. The molecule has 18 heavy (non-hydrogen) atoms. The molecule has 2 aliphatic rings. The summed E-state index contributed by atoms with van der Waals surface area (Å²) in [5, 5.41) is 2.69. The number of para-hydroxylation sites is 1. The van der Waals surface area contributed by atoms with E-state index in [1.165, 1.54) is 38.2 Å². The fourth-order valence-corrected chi connectivity index (χ4v) is 3.30. The zero-order valence-electron chi connectivity index (χ0n) is 10.4. The molecule has 0 saturated heterocycles. The average molecular weight is 247 g/mol. The third kappa shape index (κ3) is 2.02. The van der Waals surface area contributed by atoms with Gasteiger partial charge in [-0.1, -0.05) is 44.2 Å². The predicted octanol–water partition coefficient (Wildman–Crippen LogP) is 3.83. The molecule has 0 spiro atoms.